The summed E-state index contributed by atoms with van der Waals surface area (Å²) in [6, 6.07) is 14.8. The molecule has 3 aromatic rings. The Hall–Kier alpha value is -2.40. The van der Waals surface area contributed by atoms with Crippen LogP contribution in [0.15, 0.2) is 53.3 Å². The Balaban J connectivity index is 1.25. The number of aromatic nitrogens is 2. The van der Waals surface area contributed by atoms with Gasteiger partial charge in [0.25, 0.3) is 0 Å². The van der Waals surface area contributed by atoms with Crippen LogP contribution in [0.2, 0.25) is 0 Å². The first-order valence-corrected chi connectivity index (χ1v) is 9.34. The number of aromatic amines is 1. The molecule has 0 radical (unpaired) electrons. The Morgan fingerprint density at radius 1 is 1.04 bits per heavy atom. The van der Waals surface area contributed by atoms with Crippen molar-refractivity contribution in [1.82, 2.24) is 14.5 Å². The van der Waals surface area contributed by atoms with Crippen LogP contribution in [0.1, 0.15) is 17.9 Å². The van der Waals surface area contributed by atoms with Crippen LogP contribution in [0.4, 0.5) is 4.39 Å². The topological polar surface area (TPSA) is 41.0 Å². The van der Waals surface area contributed by atoms with Crippen LogP contribution in [0, 0.1) is 17.7 Å². The largest absolute Gasteiger partial charge is 0.326 e. The number of rotatable bonds is 4. The number of halogens is 1. The number of imidazole rings is 1. The molecule has 5 rings (SSSR count). The van der Waals surface area contributed by atoms with E-state index in [2.05, 4.69) is 9.88 Å². The number of benzene rings is 2. The molecule has 2 aliphatic rings. The van der Waals surface area contributed by atoms with Gasteiger partial charge in [0.2, 0.25) is 0 Å². The molecular formula is C21H22FN3O. The summed E-state index contributed by atoms with van der Waals surface area (Å²) >= 11 is 0. The molecule has 1 aliphatic carbocycles. The monoisotopic (exact) mass is 351 g/mol. The van der Waals surface area contributed by atoms with E-state index in [1.54, 1.807) is 12.1 Å². The molecule has 2 heterocycles. The molecule has 2 aromatic carbocycles. The van der Waals surface area contributed by atoms with Gasteiger partial charge in [0.05, 0.1) is 11.0 Å². The van der Waals surface area contributed by atoms with Crippen LogP contribution < -0.4 is 5.69 Å². The first-order chi connectivity index (χ1) is 12.7. The number of para-hydroxylation sites is 2. The SMILES string of the molecule is O=c1[nH]c2ccccc2n1CCN1CC2CC(c3ccc(F)cc3)C2C1. The number of hydrogen-bond acceptors (Lipinski definition) is 2. The molecule has 1 aromatic heterocycles. The summed E-state index contributed by atoms with van der Waals surface area (Å²) in [7, 11) is 0. The third kappa shape index (κ3) is 2.58. The smallest absolute Gasteiger partial charge is 0.306 e. The van der Waals surface area contributed by atoms with Crippen molar-refractivity contribution in [2.24, 2.45) is 11.8 Å². The fourth-order valence-corrected chi connectivity index (χ4v) is 4.85. The summed E-state index contributed by atoms with van der Waals surface area (Å²) in [5, 5.41) is 0. The van der Waals surface area contributed by atoms with Crippen molar-refractivity contribution < 1.29 is 4.39 Å². The van der Waals surface area contributed by atoms with Crippen LogP contribution in [-0.2, 0) is 6.54 Å². The average molecular weight is 351 g/mol. The van der Waals surface area contributed by atoms with Crippen molar-refractivity contribution in [2.45, 2.75) is 18.9 Å². The number of nitrogens with one attached hydrogen (secondary N) is 1. The zero-order valence-corrected chi connectivity index (χ0v) is 14.6. The van der Waals surface area contributed by atoms with Crippen LogP contribution in [0.3, 0.4) is 0 Å². The second kappa shape index (κ2) is 6.09. The lowest BCUT2D eigenvalue weighted by molar-refractivity contribution is 0.191. The molecule has 1 saturated heterocycles. The molecule has 4 nitrogen and oxygen atoms in total. The highest BCUT2D eigenvalue weighted by Gasteiger charge is 2.47. The summed E-state index contributed by atoms with van der Waals surface area (Å²) < 4.78 is 15.0. The summed E-state index contributed by atoms with van der Waals surface area (Å²) in [5.41, 5.74) is 3.11. The summed E-state index contributed by atoms with van der Waals surface area (Å²) in [4.78, 5) is 17.6. The van der Waals surface area contributed by atoms with Crippen molar-refractivity contribution in [3.63, 3.8) is 0 Å². The molecule has 1 N–H and O–H groups in total. The fourth-order valence-electron chi connectivity index (χ4n) is 4.85. The Labute approximate surface area is 151 Å². The maximum Gasteiger partial charge on any atom is 0.326 e. The zero-order chi connectivity index (χ0) is 17.7. The summed E-state index contributed by atoms with van der Waals surface area (Å²) in [5.74, 6) is 1.80. The number of fused-ring (bicyclic) bond motifs is 2. The van der Waals surface area contributed by atoms with Gasteiger partial charge in [-0.05, 0) is 54.0 Å². The number of hydrogen-bond donors (Lipinski definition) is 1. The lowest BCUT2D eigenvalue weighted by atomic mass is 9.64. The molecule has 0 bridgehead atoms. The predicted octanol–water partition coefficient (Wildman–Crippen LogP) is 3.20. The van der Waals surface area contributed by atoms with Crippen LogP contribution in [-0.4, -0.2) is 34.1 Å². The van der Waals surface area contributed by atoms with Gasteiger partial charge in [-0.15, -0.1) is 0 Å². The second-order valence-electron chi connectivity index (χ2n) is 7.68. The predicted molar refractivity (Wildman–Crippen MR) is 99.7 cm³/mol. The molecule has 1 saturated carbocycles. The standard InChI is InChI=1S/C21H22FN3O/c22-16-7-5-14(6-8-16)17-11-15-12-24(13-18(15)17)9-10-25-20-4-2-1-3-19(20)23-21(25)26/h1-8,15,17-18H,9-13H2,(H,23,26). The van der Waals surface area contributed by atoms with Gasteiger partial charge < -0.3 is 9.88 Å². The Morgan fingerprint density at radius 3 is 2.69 bits per heavy atom. The van der Waals surface area contributed by atoms with Crippen molar-refractivity contribution in [2.75, 3.05) is 19.6 Å². The first kappa shape index (κ1) is 15.8. The molecule has 5 heteroatoms. The van der Waals surface area contributed by atoms with Gasteiger partial charge in [-0.3, -0.25) is 4.57 Å². The van der Waals surface area contributed by atoms with E-state index in [0.29, 0.717) is 18.4 Å². The van der Waals surface area contributed by atoms with E-state index >= 15 is 0 Å². The van der Waals surface area contributed by atoms with E-state index in [-0.39, 0.29) is 11.5 Å². The van der Waals surface area contributed by atoms with E-state index in [9.17, 15) is 9.18 Å². The molecule has 1 aliphatic heterocycles. The number of nitrogens with zero attached hydrogens (tertiary/aromatic N) is 2. The minimum absolute atomic E-state index is 0.0300. The molecule has 0 spiro atoms. The van der Waals surface area contributed by atoms with Crippen molar-refractivity contribution in [3.05, 3.63) is 70.4 Å². The van der Waals surface area contributed by atoms with Crippen molar-refractivity contribution in [1.29, 1.82) is 0 Å². The Morgan fingerprint density at radius 2 is 1.85 bits per heavy atom. The maximum absolute atomic E-state index is 13.1. The van der Waals surface area contributed by atoms with Gasteiger partial charge in [0.15, 0.2) is 0 Å². The number of likely N-dealkylation sites (tertiary alicyclic amines) is 1. The molecule has 26 heavy (non-hydrogen) atoms. The average Bonchev–Trinajstić information content (AvgIpc) is 3.12. The second-order valence-corrected chi connectivity index (χ2v) is 7.68. The zero-order valence-electron chi connectivity index (χ0n) is 14.6. The molecule has 3 atom stereocenters. The Bertz CT molecular complexity index is 990. The summed E-state index contributed by atoms with van der Waals surface area (Å²) in [6.07, 6.45) is 1.19. The molecule has 3 unspecified atom stereocenters. The lowest BCUT2D eigenvalue weighted by Crippen LogP contribution is -2.33. The van der Waals surface area contributed by atoms with Crippen molar-refractivity contribution in [3.8, 4) is 0 Å². The van der Waals surface area contributed by atoms with Gasteiger partial charge in [-0.1, -0.05) is 24.3 Å². The van der Waals surface area contributed by atoms with Crippen LogP contribution in [0.5, 0.6) is 0 Å². The third-order valence-electron chi connectivity index (χ3n) is 6.26. The highest BCUT2D eigenvalue weighted by atomic mass is 19.1. The Kier molecular flexibility index (Phi) is 3.71. The van der Waals surface area contributed by atoms with E-state index in [4.69, 9.17) is 0 Å². The normalized spacial score (nSPS) is 25.3. The highest BCUT2D eigenvalue weighted by Crippen LogP contribution is 2.51. The van der Waals surface area contributed by atoms with E-state index in [0.717, 1.165) is 36.6 Å². The van der Waals surface area contributed by atoms with E-state index < -0.39 is 0 Å². The highest BCUT2D eigenvalue weighted by molar-refractivity contribution is 5.74. The lowest BCUT2D eigenvalue weighted by Gasteiger charge is -2.40. The van der Waals surface area contributed by atoms with Gasteiger partial charge in [0, 0.05) is 26.2 Å². The van der Waals surface area contributed by atoms with Gasteiger partial charge in [-0.2, -0.15) is 0 Å². The minimum Gasteiger partial charge on any atom is -0.306 e. The quantitative estimate of drug-likeness (QED) is 0.784. The molecule has 134 valence electrons. The van der Waals surface area contributed by atoms with Crippen molar-refractivity contribution >= 4 is 11.0 Å². The van der Waals surface area contributed by atoms with E-state index in [1.165, 1.54) is 12.0 Å². The minimum atomic E-state index is -0.165. The summed E-state index contributed by atoms with van der Waals surface area (Å²) in [6.45, 7) is 3.79. The van der Waals surface area contributed by atoms with Crippen LogP contribution in [0.25, 0.3) is 11.0 Å². The van der Waals surface area contributed by atoms with Gasteiger partial charge >= 0.3 is 5.69 Å². The van der Waals surface area contributed by atoms with Crippen LogP contribution >= 0.6 is 0 Å². The molecular weight excluding hydrogens is 329 g/mol. The van der Waals surface area contributed by atoms with E-state index in [1.807, 2.05) is 41.0 Å². The molecule has 0 amide bonds. The van der Waals surface area contributed by atoms with Gasteiger partial charge in [0.1, 0.15) is 5.82 Å². The maximum atomic E-state index is 13.1. The third-order valence-corrected chi connectivity index (χ3v) is 6.26. The first-order valence-electron chi connectivity index (χ1n) is 9.34. The fraction of sp³-hybridized carbons (Fsp3) is 0.381. The molecule has 2 fully saturated rings. The number of H-pyrrole nitrogens is 1. The van der Waals surface area contributed by atoms with Gasteiger partial charge in [-0.25, -0.2) is 9.18 Å².